The Kier molecular flexibility index (Phi) is 5.07. The van der Waals surface area contributed by atoms with Crippen LogP contribution < -0.4 is 5.32 Å². The van der Waals surface area contributed by atoms with Gasteiger partial charge in [-0.2, -0.15) is 4.98 Å². The minimum absolute atomic E-state index is 0.0997. The zero-order chi connectivity index (χ0) is 20.4. The fourth-order valence-corrected chi connectivity index (χ4v) is 3.28. The number of aromatic nitrogens is 5. The molecule has 0 bridgehead atoms. The van der Waals surface area contributed by atoms with Crippen LogP contribution in [0.3, 0.4) is 0 Å². The van der Waals surface area contributed by atoms with Crippen molar-refractivity contribution in [3.63, 3.8) is 0 Å². The zero-order valence-electron chi connectivity index (χ0n) is 16.6. The maximum atomic E-state index is 12.5. The van der Waals surface area contributed by atoms with Crippen molar-refractivity contribution >= 4 is 17.2 Å². The van der Waals surface area contributed by atoms with Crippen LogP contribution >= 0.6 is 0 Å². The first-order valence-electron chi connectivity index (χ1n) is 9.56. The van der Waals surface area contributed by atoms with Gasteiger partial charge in [0.25, 0.3) is 5.89 Å². The summed E-state index contributed by atoms with van der Waals surface area (Å²) in [7, 11) is 0. The second kappa shape index (κ2) is 7.83. The highest BCUT2D eigenvalue weighted by Gasteiger charge is 2.14. The predicted molar refractivity (Wildman–Crippen MR) is 109 cm³/mol. The van der Waals surface area contributed by atoms with Crippen LogP contribution in [-0.4, -0.2) is 30.6 Å². The van der Waals surface area contributed by atoms with Gasteiger partial charge in [0.05, 0.1) is 12.0 Å². The maximum Gasteiger partial charge on any atom is 0.259 e. The Labute approximate surface area is 168 Å². The molecule has 1 N–H and O–H groups in total. The van der Waals surface area contributed by atoms with Crippen LogP contribution in [0.25, 0.3) is 17.1 Å². The molecule has 4 rings (SSSR count). The number of hydrogen-bond acceptors (Lipinski definition) is 6. The van der Waals surface area contributed by atoms with Gasteiger partial charge < -0.3 is 9.84 Å². The van der Waals surface area contributed by atoms with E-state index in [1.165, 1.54) is 0 Å². The van der Waals surface area contributed by atoms with E-state index in [9.17, 15) is 4.79 Å². The van der Waals surface area contributed by atoms with Crippen LogP contribution in [0.15, 0.2) is 41.1 Å². The number of amides is 1. The molecule has 8 heteroatoms. The van der Waals surface area contributed by atoms with E-state index in [-0.39, 0.29) is 12.3 Å². The molecule has 0 aliphatic carbocycles. The highest BCUT2D eigenvalue weighted by Crippen LogP contribution is 2.19. The van der Waals surface area contributed by atoms with E-state index in [4.69, 9.17) is 4.52 Å². The lowest BCUT2D eigenvalue weighted by Crippen LogP contribution is -2.16. The van der Waals surface area contributed by atoms with Crippen LogP contribution in [0.2, 0.25) is 0 Å². The summed E-state index contributed by atoms with van der Waals surface area (Å²) in [6.07, 6.45) is 3.63. The SMILES string of the molecule is CCCc1noc(-c2ccc3nnc(CC(=O)Nc4cc(C)cc(C)c4)n3c2)n1. The van der Waals surface area contributed by atoms with Crippen molar-refractivity contribution in [2.24, 2.45) is 0 Å². The first-order valence-corrected chi connectivity index (χ1v) is 9.56. The molecule has 0 spiro atoms. The molecule has 3 aromatic heterocycles. The number of hydrogen-bond donors (Lipinski definition) is 1. The molecule has 0 saturated carbocycles. The smallest absolute Gasteiger partial charge is 0.259 e. The number of fused-ring (bicyclic) bond motifs is 1. The fourth-order valence-electron chi connectivity index (χ4n) is 3.28. The molecule has 29 heavy (non-hydrogen) atoms. The quantitative estimate of drug-likeness (QED) is 0.541. The van der Waals surface area contributed by atoms with E-state index in [1.807, 2.05) is 44.3 Å². The molecule has 4 aromatic rings. The molecule has 0 atom stereocenters. The lowest BCUT2D eigenvalue weighted by Gasteiger charge is -2.07. The summed E-state index contributed by atoms with van der Waals surface area (Å²) in [4.78, 5) is 17.0. The van der Waals surface area contributed by atoms with Crippen molar-refractivity contribution in [1.29, 1.82) is 0 Å². The Hall–Kier alpha value is -3.55. The van der Waals surface area contributed by atoms with Gasteiger partial charge >= 0.3 is 0 Å². The number of pyridine rings is 1. The average molecular weight is 390 g/mol. The summed E-state index contributed by atoms with van der Waals surface area (Å²) in [5, 5.41) is 15.2. The second-order valence-electron chi connectivity index (χ2n) is 7.13. The van der Waals surface area contributed by atoms with Crippen LogP contribution in [0.5, 0.6) is 0 Å². The van der Waals surface area contributed by atoms with E-state index < -0.39 is 0 Å². The number of aryl methyl sites for hydroxylation is 3. The normalized spacial score (nSPS) is 11.1. The van der Waals surface area contributed by atoms with Crippen molar-refractivity contribution in [2.45, 2.75) is 40.0 Å². The van der Waals surface area contributed by atoms with Gasteiger partial charge in [0.2, 0.25) is 5.91 Å². The third-order valence-corrected chi connectivity index (χ3v) is 4.49. The summed E-state index contributed by atoms with van der Waals surface area (Å²) in [5.41, 5.74) is 4.37. The lowest BCUT2D eigenvalue weighted by molar-refractivity contribution is -0.115. The Morgan fingerprint density at radius 1 is 1.14 bits per heavy atom. The zero-order valence-corrected chi connectivity index (χ0v) is 16.6. The van der Waals surface area contributed by atoms with Crippen LogP contribution in [0.1, 0.15) is 36.1 Å². The van der Waals surface area contributed by atoms with E-state index >= 15 is 0 Å². The van der Waals surface area contributed by atoms with Crippen molar-refractivity contribution in [1.82, 2.24) is 24.7 Å². The van der Waals surface area contributed by atoms with Gasteiger partial charge in [0.1, 0.15) is 5.82 Å². The number of carbonyl (C=O) groups is 1. The largest absolute Gasteiger partial charge is 0.334 e. The van der Waals surface area contributed by atoms with E-state index in [0.717, 1.165) is 35.2 Å². The minimum Gasteiger partial charge on any atom is -0.334 e. The minimum atomic E-state index is -0.155. The summed E-state index contributed by atoms with van der Waals surface area (Å²) in [5.74, 6) is 1.50. The molecule has 8 nitrogen and oxygen atoms in total. The number of benzene rings is 1. The van der Waals surface area contributed by atoms with E-state index in [0.29, 0.717) is 23.2 Å². The topological polar surface area (TPSA) is 98.2 Å². The molecule has 0 aliphatic heterocycles. The number of anilines is 1. The molecule has 0 radical (unpaired) electrons. The summed E-state index contributed by atoms with van der Waals surface area (Å²) < 4.78 is 7.13. The first kappa shape index (κ1) is 18.8. The molecule has 3 heterocycles. The highest BCUT2D eigenvalue weighted by atomic mass is 16.5. The molecule has 0 fully saturated rings. The molecule has 0 saturated heterocycles. The number of nitrogens with zero attached hydrogens (tertiary/aromatic N) is 5. The standard InChI is InChI=1S/C21H22N6O2/c1-4-5-17-23-21(29-26-17)15-6-7-18-24-25-19(27(18)12-15)11-20(28)22-16-9-13(2)8-14(3)10-16/h6-10,12H,4-5,11H2,1-3H3,(H,22,28). The first-order chi connectivity index (χ1) is 14.0. The summed E-state index contributed by atoms with van der Waals surface area (Å²) >= 11 is 0. The van der Waals surface area contributed by atoms with Crippen LogP contribution in [0.4, 0.5) is 5.69 Å². The number of carbonyl (C=O) groups excluding carboxylic acids is 1. The van der Waals surface area contributed by atoms with E-state index in [1.54, 1.807) is 4.40 Å². The number of rotatable bonds is 6. The van der Waals surface area contributed by atoms with Crippen molar-refractivity contribution in [3.05, 3.63) is 59.3 Å². The van der Waals surface area contributed by atoms with E-state index in [2.05, 4.69) is 38.6 Å². The fraction of sp³-hybridized carbons (Fsp3) is 0.286. The van der Waals surface area contributed by atoms with Crippen molar-refractivity contribution in [2.75, 3.05) is 5.32 Å². The molecule has 0 aliphatic rings. The molecule has 1 amide bonds. The Morgan fingerprint density at radius 3 is 2.69 bits per heavy atom. The molecule has 148 valence electrons. The third kappa shape index (κ3) is 4.16. The van der Waals surface area contributed by atoms with Crippen LogP contribution in [-0.2, 0) is 17.6 Å². The van der Waals surface area contributed by atoms with Crippen molar-refractivity contribution < 1.29 is 9.32 Å². The van der Waals surface area contributed by atoms with Crippen LogP contribution in [0, 0.1) is 13.8 Å². The highest BCUT2D eigenvalue weighted by molar-refractivity contribution is 5.92. The van der Waals surface area contributed by atoms with Gasteiger partial charge in [-0.25, -0.2) is 0 Å². The Balaban J connectivity index is 1.56. The van der Waals surface area contributed by atoms with Gasteiger partial charge in [-0.15, -0.1) is 10.2 Å². The summed E-state index contributed by atoms with van der Waals surface area (Å²) in [6, 6.07) is 9.61. The van der Waals surface area contributed by atoms with Gasteiger partial charge in [0.15, 0.2) is 11.5 Å². The molecule has 0 unspecified atom stereocenters. The lowest BCUT2D eigenvalue weighted by atomic mass is 10.1. The summed E-state index contributed by atoms with van der Waals surface area (Å²) in [6.45, 7) is 6.06. The number of nitrogens with one attached hydrogen (secondary N) is 1. The van der Waals surface area contributed by atoms with Gasteiger partial charge in [-0.05, 0) is 55.7 Å². The Morgan fingerprint density at radius 2 is 1.93 bits per heavy atom. The Bertz CT molecular complexity index is 1160. The van der Waals surface area contributed by atoms with Gasteiger partial charge in [-0.1, -0.05) is 18.1 Å². The average Bonchev–Trinajstić information content (AvgIpc) is 3.28. The predicted octanol–water partition coefficient (Wildman–Crippen LogP) is 3.53. The van der Waals surface area contributed by atoms with Gasteiger partial charge in [-0.3, -0.25) is 9.20 Å². The van der Waals surface area contributed by atoms with Crippen molar-refractivity contribution in [3.8, 4) is 11.5 Å². The molecular weight excluding hydrogens is 368 g/mol. The molecular formula is C21H22N6O2. The van der Waals surface area contributed by atoms with Gasteiger partial charge in [0, 0.05) is 18.3 Å². The maximum absolute atomic E-state index is 12.5. The molecule has 1 aromatic carbocycles. The third-order valence-electron chi connectivity index (χ3n) is 4.49. The second-order valence-corrected chi connectivity index (χ2v) is 7.13. The monoisotopic (exact) mass is 390 g/mol.